The van der Waals surface area contributed by atoms with Crippen molar-refractivity contribution in [2.24, 2.45) is 0 Å². The fourth-order valence-electron chi connectivity index (χ4n) is 3.65. The van der Waals surface area contributed by atoms with Crippen LogP contribution in [0.3, 0.4) is 0 Å². The van der Waals surface area contributed by atoms with Crippen LogP contribution in [0.2, 0.25) is 0 Å². The highest BCUT2D eigenvalue weighted by Crippen LogP contribution is 2.21. The van der Waals surface area contributed by atoms with Crippen LogP contribution in [0.5, 0.6) is 5.75 Å². The van der Waals surface area contributed by atoms with Gasteiger partial charge in [0.2, 0.25) is 15.9 Å². The van der Waals surface area contributed by atoms with E-state index < -0.39 is 10.0 Å². The number of hydrogen-bond acceptors (Lipinski definition) is 5. The van der Waals surface area contributed by atoms with Crippen molar-refractivity contribution in [2.75, 3.05) is 38.7 Å². The zero-order valence-corrected chi connectivity index (χ0v) is 19.0. The molecular formula is C23H31N3O4S. The molecule has 1 heterocycles. The van der Waals surface area contributed by atoms with Crippen LogP contribution in [0.15, 0.2) is 53.4 Å². The maximum Gasteiger partial charge on any atom is 0.240 e. The molecule has 2 aromatic rings. The molecule has 0 radical (unpaired) electrons. The average molecular weight is 446 g/mol. The van der Waals surface area contributed by atoms with Crippen LogP contribution in [0.25, 0.3) is 0 Å². The second-order valence-electron chi connectivity index (χ2n) is 7.79. The van der Waals surface area contributed by atoms with E-state index in [0.29, 0.717) is 12.3 Å². The predicted octanol–water partition coefficient (Wildman–Crippen LogP) is 3.01. The van der Waals surface area contributed by atoms with Crippen LogP contribution < -0.4 is 14.4 Å². The number of piperidine rings is 1. The lowest BCUT2D eigenvalue weighted by Gasteiger charge is -2.29. The second kappa shape index (κ2) is 10.6. The molecule has 1 aliphatic rings. The first kappa shape index (κ1) is 23.1. The van der Waals surface area contributed by atoms with Crippen molar-refractivity contribution in [1.29, 1.82) is 0 Å². The Labute approximate surface area is 185 Å². The van der Waals surface area contributed by atoms with Gasteiger partial charge in [-0.25, -0.2) is 13.1 Å². The molecule has 0 saturated carbocycles. The Morgan fingerprint density at radius 2 is 1.68 bits per heavy atom. The highest BCUT2D eigenvalue weighted by Gasteiger charge is 2.16. The van der Waals surface area contributed by atoms with E-state index in [2.05, 4.69) is 33.9 Å². The number of carbonyl (C=O) groups excluding carboxylic acids is 1. The molecule has 1 saturated heterocycles. The third kappa shape index (κ3) is 6.45. The van der Waals surface area contributed by atoms with Crippen LogP contribution in [-0.2, 0) is 21.4 Å². The molecule has 168 valence electrons. The Balaban J connectivity index is 1.46. The minimum absolute atomic E-state index is 0.0471. The molecular weight excluding hydrogens is 414 g/mol. The summed E-state index contributed by atoms with van der Waals surface area (Å²) in [6, 6.07) is 14.5. The summed E-state index contributed by atoms with van der Waals surface area (Å²) in [6.45, 7) is 2.74. The van der Waals surface area contributed by atoms with Crippen LogP contribution in [-0.4, -0.2) is 53.0 Å². The number of nitrogens with one attached hydrogen (secondary N) is 1. The number of rotatable bonds is 9. The number of hydrogen-bond donors (Lipinski definition) is 1. The summed E-state index contributed by atoms with van der Waals surface area (Å²) in [5.41, 5.74) is 2.28. The van der Waals surface area contributed by atoms with Gasteiger partial charge in [0.1, 0.15) is 5.75 Å². The fraction of sp³-hybridized carbons (Fsp3) is 0.435. The van der Waals surface area contributed by atoms with Gasteiger partial charge >= 0.3 is 0 Å². The van der Waals surface area contributed by atoms with Gasteiger partial charge in [0.25, 0.3) is 0 Å². The number of anilines is 1. The molecule has 3 rings (SSSR count). The lowest BCUT2D eigenvalue weighted by molar-refractivity contribution is -0.130. The summed E-state index contributed by atoms with van der Waals surface area (Å²) in [5.74, 6) is 0.470. The van der Waals surface area contributed by atoms with E-state index in [1.807, 2.05) is 0 Å². The topological polar surface area (TPSA) is 78.9 Å². The monoisotopic (exact) mass is 445 g/mol. The van der Waals surface area contributed by atoms with Crippen molar-refractivity contribution < 1.29 is 17.9 Å². The Morgan fingerprint density at radius 1 is 1.03 bits per heavy atom. The van der Waals surface area contributed by atoms with Gasteiger partial charge < -0.3 is 14.5 Å². The molecule has 8 heteroatoms. The van der Waals surface area contributed by atoms with Crippen LogP contribution in [0.4, 0.5) is 5.69 Å². The Bertz CT molecular complexity index is 953. The lowest BCUT2D eigenvalue weighted by atomic mass is 10.1. The number of methoxy groups -OCH3 is 1. The molecule has 7 nitrogen and oxygen atoms in total. The Hall–Kier alpha value is -2.58. The second-order valence-corrected chi connectivity index (χ2v) is 9.55. The zero-order valence-electron chi connectivity index (χ0n) is 18.2. The van der Waals surface area contributed by atoms with E-state index in [-0.39, 0.29) is 23.8 Å². The molecule has 1 fully saturated rings. The summed E-state index contributed by atoms with van der Waals surface area (Å²) in [6.07, 6.45) is 3.87. The largest absolute Gasteiger partial charge is 0.497 e. The summed E-state index contributed by atoms with van der Waals surface area (Å²) >= 11 is 0. The Kier molecular flexibility index (Phi) is 7.92. The average Bonchev–Trinajstić information content (AvgIpc) is 2.80. The smallest absolute Gasteiger partial charge is 0.240 e. The van der Waals surface area contributed by atoms with Gasteiger partial charge in [-0.2, -0.15) is 0 Å². The molecule has 0 aliphatic carbocycles. The minimum atomic E-state index is -3.66. The van der Waals surface area contributed by atoms with Crippen molar-refractivity contribution in [1.82, 2.24) is 9.62 Å². The molecule has 0 atom stereocenters. The van der Waals surface area contributed by atoms with E-state index in [1.165, 1.54) is 44.2 Å². The minimum Gasteiger partial charge on any atom is -0.497 e. The Morgan fingerprint density at radius 3 is 2.29 bits per heavy atom. The molecule has 2 aromatic carbocycles. The molecule has 0 bridgehead atoms. The maximum absolute atomic E-state index is 12.4. The summed E-state index contributed by atoms with van der Waals surface area (Å²) in [7, 11) is -0.406. The van der Waals surface area contributed by atoms with Crippen molar-refractivity contribution in [3.05, 3.63) is 54.1 Å². The number of benzene rings is 2. The molecule has 1 N–H and O–H groups in total. The first-order valence-corrected chi connectivity index (χ1v) is 12.1. The molecule has 0 aromatic heterocycles. The van der Waals surface area contributed by atoms with Gasteiger partial charge in [0.05, 0.1) is 12.0 Å². The predicted molar refractivity (Wildman–Crippen MR) is 122 cm³/mol. The van der Waals surface area contributed by atoms with Crippen LogP contribution in [0.1, 0.15) is 31.2 Å². The third-order valence-electron chi connectivity index (χ3n) is 5.50. The van der Waals surface area contributed by atoms with Crippen molar-refractivity contribution in [2.45, 2.75) is 37.1 Å². The van der Waals surface area contributed by atoms with E-state index in [4.69, 9.17) is 4.74 Å². The molecule has 1 amide bonds. The summed E-state index contributed by atoms with van der Waals surface area (Å²) in [5, 5.41) is 0. The number of sulfonamides is 1. The lowest BCUT2D eigenvalue weighted by Crippen LogP contribution is -2.32. The number of amides is 1. The summed E-state index contributed by atoms with van der Waals surface area (Å²) < 4.78 is 32.2. The van der Waals surface area contributed by atoms with Gasteiger partial charge in [0, 0.05) is 45.3 Å². The van der Waals surface area contributed by atoms with Crippen LogP contribution >= 0.6 is 0 Å². The molecule has 0 spiro atoms. The normalized spacial score (nSPS) is 14.3. The zero-order chi connectivity index (χ0) is 22.3. The third-order valence-corrected chi connectivity index (χ3v) is 6.98. The quantitative estimate of drug-likeness (QED) is 0.642. The van der Waals surface area contributed by atoms with E-state index in [0.717, 1.165) is 18.7 Å². The van der Waals surface area contributed by atoms with Gasteiger partial charge in [-0.1, -0.05) is 12.1 Å². The SMILES string of the molecule is COc1ccc(S(=O)(=O)NCCC(=O)N(C)Cc2ccc(N3CCCCC3)cc2)cc1. The first-order chi connectivity index (χ1) is 14.9. The first-order valence-electron chi connectivity index (χ1n) is 10.6. The fourth-order valence-corrected chi connectivity index (χ4v) is 4.68. The van der Waals surface area contributed by atoms with Gasteiger partial charge in [0.15, 0.2) is 0 Å². The maximum atomic E-state index is 12.4. The number of ether oxygens (including phenoxy) is 1. The number of nitrogens with zero attached hydrogens (tertiary/aromatic N) is 2. The highest BCUT2D eigenvalue weighted by atomic mass is 32.2. The van der Waals surface area contributed by atoms with Gasteiger partial charge in [-0.05, 0) is 61.2 Å². The standard InChI is InChI=1S/C23H31N3O4S/c1-25(18-19-6-8-20(9-7-19)26-16-4-3-5-17-26)23(27)14-15-24-31(28,29)22-12-10-21(30-2)11-13-22/h6-13,24H,3-5,14-18H2,1-2H3. The van der Waals surface area contributed by atoms with Crippen molar-refractivity contribution >= 4 is 21.6 Å². The van der Waals surface area contributed by atoms with Gasteiger partial charge in [-0.15, -0.1) is 0 Å². The van der Waals surface area contributed by atoms with E-state index in [1.54, 1.807) is 24.1 Å². The van der Waals surface area contributed by atoms with E-state index >= 15 is 0 Å². The van der Waals surface area contributed by atoms with E-state index in [9.17, 15) is 13.2 Å². The van der Waals surface area contributed by atoms with Gasteiger partial charge in [-0.3, -0.25) is 4.79 Å². The molecule has 1 aliphatic heterocycles. The summed E-state index contributed by atoms with van der Waals surface area (Å²) in [4.78, 5) is 16.6. The van der Waals surface area contributed by atoms with Crippen LogP contribution in [0, 0.1) is 0 Å². The molecule has 31 heavy (non-hydrogen) atoms. The van der Waals surface area contributed by atoms with Crippen molar-refractivity contribution in [3.63, 3.8) is 0 Å². The number of carbonyl (C=O) groups is 1. The van der Waals surface area contributed by atoms with Crippen molar-refractivity contribution in [3.8, 4) is 5.75 Å². The molecule has 0 unspecified atom stereocenters. The highest BCUT2D eigenvalue weighted by molar-refractivity contribution is 7.89.